The molecule has 7 heteroatoms. The predicted octanol–water partition coefficient (Wildman–Crippen LogP) is 2.74. The topological polar surface area (TPSA) is 59.6 Å². The molecule has 0 radical (unpaired) electrons. The molecule has 0 saturated carbocycles. The first-order valence-electron chi connectivity index (χ1n) is 8.28. The van der Waals surface area contributed by atoms with Crippen molar-refractivity contribution in [3.05, 3.63) is 24.0 Å². The van der Waals surface area contributed by atoms with Crippen molar-refractivity contribution in [3.63, 3.8) is 0 Å². The number of benzene rings is 1. The average Bonchev–Trinajstić information content (AvgIpc) is 3.08. The molecular formula is C17H24ClFN2O3. The van der Waals surface area contributed by atoms with Crippen molar-refractivity contribution in [1.82, 2.24) is 5.32 Å². The van der Waals surface area contributed by atoms with E-state index in [2.05, 4.69) is 10.6 Å². The van der Waals surface area contributed by atoms with E-state index in [0.29, 0.717) is 24.6 Å². The van der Waals surface area contributed by atoms with Crippen LogP contribution in [0.25, 0.3) is 0 Å². The highest BCUT2D eigenvalue weighted by Gasteiger charge is 2.22. The van der Waals surface area contributed by atoms with Gasteiger partial charge in [0.15, 0.2) is 0 Å². The van der Waals surface area contributed by atoms with Crippen LogP contribution in [0.2, 0.25) is 0 Å². The molecule has 2 N–H and O–H groups in total. The van der Waals surface area contributed by atoms with Crippen LogP contribution >= 0.6 is 12.4 Å². The van der Waals surface area contributed by atoms with Gasteiger partial charge < -0.3 is 20.1 Å². The average molecular weight is 359 g/mol. The molecular weight excluding hydrogens is 335 g/mol. The molecule has 0 spiro atoms. The monoisotopic (exact) mass is 358 g/mol. The summed E-state index contributed by atoms with van der Waals surface area (Å²) in [6, 6.07) is 4.20. The number of anilines is 1. The maximum Gasteiger partial charge on any atom is 0.228 e. The third-order valence-electron chi connectivity index (χ3n) is 4.32. The van der Waals surface area contributed by atoms with Gasteiger partial charge in [0, 0.05) is 19.2 Å². The molecule has 2 unspecified atom stereocenters. The Balaban J connectivity index is 0.00000208. The Labute approximate surface area is 147 Å². The quantitative estimate of drug-likeness (QED) is 0.849. The minimum Gasteiger partial charge on any atom is -0.489 e. The van der Waals surface area contributed by atoms with E-state index in [1.54, 1.807) is 6.07 Å². The molecule has 5 nitrogen and oxygen atoms in total. The third kappa shape index (κ3) is 5.06. The number of amides is 1. The van der Waals surface area contributed by atoms with Gasteiger partial charge in [0.1, 0.15) is 18.2 Å². The molecule has 2 aliphatic rings. The standard InChI is InChI=1S/C17H23FN2O3.ClH/c18-13-5-6-16(23-11-14-4-2-8-22-14)15(9-13)20-17(21)12-3-1-7-19-10-12;/h5-6,9,12,14,19H,1-4,7-8,10-11H2,(H,20,21);1H. The summed E-state index contributed by atoms with van der Waals surface area (Å²) >= 11 is 0. The maximum atomic E-state index is 13.5. The molecule has 134 valence electrons. The van der Waals surface area contributed by atoms with Crippen LogP contribution in [0.15, 0.2) is 18.2 Å². The molecule has 1 aromatic carbocycles. The van der Waals surface area contributed by atoms with Crippen molar-refractivity contribution in [2.24, 2.45) is 5.92 Å². The Kier molecular flexibility index (Phi) is 7.27. The van der Waals surface area contributed by atoms with E-state index in [-0.39, 0.29) is 30.3 Å². The van der Waals surface area contributed by atoms with Gasteiger partial charge in [-0.05, 0) is 44.4 Å². The second-order valence-corrected chi connectivity index (χ2v) is 6.12. The number of halogens is 2. The molecule has 0 aromatic heterocycles. The zero-order valence-corrected chi connectivity index (χ0v) is 14.4. The van der Waals surface area contributed by atoms with Gasteiger partial charge >= 0.3 is 0 Å². The van der Waals surface area contributed by atoms with Gasteiger partial charge in [-0.1, -0.05) is 0 Å². The second kappa shape index (κ2) is 9.20. The normalized spacial score (nSPS) is 23.4. The Morgan fingerprint density at radius 2 is 2.25 bits per heavy atom. The van der Waals surface area contributed by atoms with Crippen LogP contribution in [0.5, 0.6) is 5.75 Å². The van der Waals surface area contributed by atoms with E-state index in [0.717, 1.165) is 38.8 Å². The molecule has 0 bridgehead atoms. The van der Waals surface area contributed by atoms with Gasteiger partial charge in [0.2, 0.25) is 5.91 Å². The first-order chi connectivity index (χ1) is 11.2. The molecule has 1 amide bonds. The highest BCUT2D eigenvalue weighted by Crippen LogP contribution is 2.27. The van der Waals surface area contributed by atoms with Crippen LogP contribution in [0, 0.1) is 11.7 Å². The lowest BCUT2D eigenvalue weighted by molar-refractivity contribution is -0.120. The lowest BCUT2D eigenvalue weighted by atomic mass is 9.99. The first kappa shape index (κ1) is 19.0. The fraction of sp³-hybridized carbons (Fsp3) is 0.588. The van der Waals surface area contributed by atoms with E-state index in [9.17, 15) is 9.18 Å². The van der Waals surface area contributed by atoms with Crippen molar-refractivity contribution in [2.45, 2.75) is 31.8 Å². The van der Waals surface area contributed by atoms with Gasteiger partial charge in [-0.15, -0.1) is 12.4 Å². The van der Waals surface area contributed by atoms with Gasteiger partial charge in [-0.2, -0.15) is 0 Å². The molecule has 1 aromatic rings. The van der Waals surface area contributed by atoms with Crippen molar-refractivity contribution in [1.29, 1.82) is 0 Å². The summed E-state index contributed by atoms with van der Waals surface area (Å²) in [7, 11) is 0. The number of piperidine rings is 1. The Bertz CT molecular complexity index is 547. The summed E-state index contributed by atoms with van der Waals surface area (Å²) in [5.74, 6) is -0.0895. The van der Waals surface area contributed by atoms with Crippen molar-refractivity contribution < 1.29 is 18.7 Å². The molecule has 2 atom stereocenters. The van der Waals surface area contributed by atoms with Crippen LogP contribution in [-0.2, 0) is 9.53 Å². The second-order valence-electron chi connectivity index (χ2n) is 6.12. The number of ether oxygens (including phenoxy) is 2. The fourth-order valence-electron chi connectivity index (χ4n) is 2.99. The minimum absolute atomic E-state index is 0. The van der Waals surface area contributed by atoms with E-state index in [1.165, 1.54) is 12.1 Å². The number of hydrogen-bond donors (Lipinski definition) is 2. The van der Waals surface area contributed by atoms with Crippen LogP contribution in [0.1, 0.15) is 25.7 Å². The summed E-state index contributed by atoms with van der Waals surface area (Å²) in [5, 5.41) is 6.02. The molecule has 2 saturated heterocycles. The van der Waals surface area contributed by atoms with Gasteiger partial charge in [0.25, 0.3) is 0 Å². The van der Waals surface area contributed by atoms with Gasteiger partial charge in [-0.3, -0.25) is 4.79 Å². The first-order valence-corrected chi connectivity index (χ1v) is 8.28. The largest absolute Gasteiger partial charge is 0.489 e. The van der Waals surface area contributed by atoms with E-state index in [4.69, 9.17) is 9.47 Å². The zero-order chi connectivity index (χ0) is 16.1. The highest BCUT2D eigenvalue weighted by atomic mass is 35.5. The van der Waals surface area contributed by atoms with Gasteiger partial charge in [0.05, 0.1) is 17.7 Å². The van der Waals surface area contributed by atoms with Gasteiger partial charge in [-0.25, -0.2) is 4.39 Å². The number of hydrogen-bond acceptors (Lipinski definition) is 4. The molecule has 2 aliphatic heterocycles. The zero-order valence-electron chi connectivity index (χ0n) is 13.6. The molecule has 24 heavy (non-hydrogen) atoms. The van der Waals surface area contributed by atoms with Crippen molar-refractivity contribution >= 4 is 24.0 Å². The number of carbonyl (C=O) groups is 1. The van der Waals surface area contributed by atoms with Crippen LogP contribution in [0.4, 0.5) is 10.1 Å². The fourth-order valence-corrected chi connectivity index (χ4v) is 2.99. The molecule has 0 aliphatic carbocycles. The number of nitrogens with one attached hydrogen (secondary N) is 2. The molecule has 3 rings (SSSR count). The summed E-state index contributed by atoms with van der Waals surface area (Å²) in [6.07, 6.45) is 3.90. The van der Waals surface area contributed by atoms with E-state index < -0.39 is 5.82 Å². The summed E-state index contributed by atoms with van der Waals surface area (Å²) in [6.45, 7) is 2.78. The van der Waals surface area contributed by atoms with E-state index in [1.807, 2.05) is 0 Å². The third-order valence-corrected chi connectivity index (χ3v) is 4.32. The number of rotatable bonds is 5. The minimum atomic E-state index is -0.397. The lowest BCUT2D eigenvalue weighted by Gasteiger charge is -2.22. The summed E-state index contributed by atoms with van der Waals surface area (Å²) in [5.41, 5.74) is 0.388. The smallest absolute Gasteiger partial charge is 0.228 e. The van der Waals surface area contributed by atoms with Crippen LogP contribution in [0.3, 0.4) is 0 Å². The Morgan fingerprint density at radius 3 is 2.96 bits per heavy atom. The molecule has 2 heterocycles. The van der Waals surface area contributed by atoms with Crippen molar-refractivity contribution in [2.75, 3.05) is 31.6 Å². The number of carbonyl (C=O) groups excluding carboxylic acids is 1. The maximum absolute atomic E-state index is 13.5. The van der Waals surface area contributed by atoms with Crippen LogP contribution < -0.4 is 15.4 Å². The van der Waals surface area contributed by atoms with Crippen molar-refractivity contribution in [3.8, 4) is 5.75 Å². The Hall–Kier alpha value is -1.37. The lowest BCUT2D eigenvalue weighted by Crippen LogP contribution is -2.37. The SMILES string of the molecule is Cl.O=C(Nc1cc(F)ccc1OCC1CCCO1)C1CCCNC1. The summed E-state index contributed by atoms with van der Waals surface area (Å²) in [4.78, 5) is 12.3. The highest BCUT2D eigenvalue weighted by molar-refractivity contribution is 5.94. The summed E-state index contributed by atoms with van der Waals surface area (Å²) < 4.78 is 24.8. The van der Waals surface area contributed by atoms with Crippen LogP contribution in [-0.4, -0.2) is 38.3 Å². The van der Waals surface area contributed by atoms with E-state index >= 15 is 0 Å². The predicted molar refractivity (Wildman–Crippen MR) is 92.3 cm³/mol. The Morgan fingerprint density at radius 1 is 1.38 bits per heavy atom. The molecule has 2 fully saturated rings.